The van der Waals surface area contributed by atoms with Crippen molar-refractivity contribution in [3.8, 4) is 11.1 Å². The van der Waals surface area contributed by atoms with Gasteiger partial charge in [-0.05, 0) is 16.7 Å². The first kappa shape index (κ1) is 16.0. The van der Waals surface area contributed by atoms with E-state index in [9.17, 15) is 18.0 Å². The highest BCUT2D eigenvalue weighted by Crippen LogP contribution is 2.38. The van der Waals surface area contributed by atoms with Gasteiger partial charge in [0.05, 0.1) is 12.3 Å². The first-order valence-corrected chi connectivity index (χ1v) is 6.53. The molecular formula is C16H14F3NO2. The lowest BCUT2D eigenvalue weighted by molar-refractivity contribution is -0.166. The van der Waals surface area contributed by atoms with Crippen LogP contribution in [0.2, 0.25) is 0 Å². The van der Waals surface area contributed by atoms with Crippen molar-refractivity contribution in [2.45, 2.75) is 18.5 Å². The number of benzene rings is 2. The fourth-order valence-electron chi connectivity index (χ4n) is 2.18. The third-order valence-corrected chi connectivity index (χ3v) is 3.32. The monoisotopic (exact) mass is 309 g/mol. The zero-order valence-electron chi connectivity index (χ0n) is 11.5. The smallest absolute Gasteiger partial charge is 0.373 e. The van der Waals surface area contributed by atoms with Crippen LogP contribution in [0.4, 0.5) is 13.2 Å². The number of alkyl halides is 3. The first-order chi connectivity index (χ1) is 10.4. The number of nitrogens with two attached hydrogens (primary N) is 1. The van der Waals surface area contributed by atoms with Gasteiger partial charge in [0, 0.05) is 0 Å². The Hall–Kier alpha value is -2.34. The van der Waals surface area contributed by atoms with Gasteiger partial charge in [0.2, 0.25) is 0 Å². The normalized spacial score (nSPS) is 12.7. The topological polar surface area (TPSA) is 52.3 Å². The summed E-state index contributed by atoms with van der Waals surface area (Å²) in [5.74, 6) is 1.59. The number of carbonyl (C=O) groups is 1. The molecular weight excluding hydrogens is 295 g/mol. The molecule has 6 heteroatoms. The Balaban J connectivity index is 2.28. The SMILES string of the molecule is NOC(=O)CC(c1ccc(-c2ccccc2)cc1)C(F)(F)F. The Morgan fingerprint density at radius 3 is 2.05 bits per heavy atom. The molecule has 2 aromatic carbocycles. The van der Waals surface area contributed by atoms with Gasteiger partial charge in [-0.1, -0.05) is 54.6 Å². The molecule has 2 N–H and O–H groups in total. The van der Waals surface area contributed by atoms with E-state index in [1.807, 2.05) is 30.3 Å². The molecule has 0 saturated heterocycles. The largest absolute Gasteiger partial charge is 0.396 e. The van der Waals surface area contributed by atoms with E-state index in [1.165, 1.54) is 12.1 Å². The second-order valence-corrected chi connectivity index (χ2v) is 4.78. The average Bonchev–Trinajstić information content (AvgIpc) is 2.52. The highest BCUT2D eigenvalue weighted by Gasteiger charge is 2.42. The van der Waals surface area contributed by atoms with Crippen LogP contribution in [0.5, 0.6) is 0 Å². The summed E-state index contributed by atoms with van der Waals surface area (Å²) in [5, 5.41) is 0. The van der Waals surface area contributed by atoms with Gasteiger partial charge in [0.15, 0.2) is 0 Å². The van der Waals surface area contributed by atoms with Crippen molar-refractivity contribution in [2.75, 3.05) is 0 Å². The maximum Gasteiger partial charge on any atom is 0.396 e. The quantitative estimate of drug-likeness (QED) is 0.874. The number of halogens is 3. The molecule has 1 atom stereocenters. The number of hydrogen-bond acceptors (Lipinski definition) is 3. The van der Waals surface area contributed by atoms with E-state index in [2.05, 4.69) is 10.7 Å². The summed E-state index contributed by atoms with van der Waals surface area (Å²) >= 11 is 0. The number of carbonyl (C=O) groups excluding carboxylic acids is 1. The van der Waals surface area contributed by atoms with Gasteiger partial charge >= 0.3 is 12.1 Å². The molecule has 0 fully saturated rings. The van der Waals surface area contributed by atoms with Crippen molar-refractivity contribution in [3.05, 3.63) is 60.2 Å². The molecule has 0 saturated carbocycles. The number of hydrogen-bond donors (Lipinski definition) is 1. The fourth-order valence-corrected chi connectivity index (χ4v) is 2.18. The number of rotatable bonds is 4. The van der Waals surface area contributed by atoms with Crippen LogP contribution >= 0.6 is 0 Å². The minimum atomic E-state index is -4.55. The molecule has 0 aliphatic rings. The van der Waals surface area contributed by atoms with Gasteiger partial charge in [-0.3, -0.25) is 4.79 Å². The molecule has 2 aromatic rings. The Labute approximate surface area is 125 Å². The lowest BCUT2D eigenvalue weighted by Gasteiger charge is -2.19. The molecule has 0 heterocycles. The fraction of sp³-hybridized carbons (Fsp3) is 0.188. The molecule has 116 valence electrons. The van der Waals surface area contributed by atoms with Gasteiger partial charge in [-0.25, -0.2) is 0 Å². The van der Waals surface area contributed by atoms with Gasteiger partial charge in [0.1, 0.15) is 0 Å². The molecule has 3 nitrogen and oxygen atoms in total. The van der Waals surface area contributed by atoms with Gasteiger partial charge in [0.25, 0.3) is 0 Å². The average molecular weight is 309 g/mol. The van der Waals surface area contributed by atoms with E-state index in [1.54, 1.807) is 12.1 Å². The molecule has 0 aliphatic carbocycles. The molecule has 1 unspecified atom stereocenters. The minimum absolute atomic E-state index is 0.00224. The summed E-state index contributed by atoms with van der Waals surface area (Å²) in [6.07, 6.45) is -5.40. The molecule has 0 spiro atoms. The summed E-state index contributed by atoms with van der Waals surface area (Å²) in [7, 11) is 0. The van der Waals surface area contributed by atoms with Gasteiger partial charge in [-0.15, -0.1) is 0 Å². The zero-order valence-corrected chi connectivity index (χ0v) is 11.5. The Kier molecular flexibility index (Phi) is 4.82. The van der Waals surface area contributed by atoms with Crippen molar-refractivity contribution >= 4 is 5.97 Å². The molecule has 0 aliphatic heterocycles. The van der Waals surface area contributed by atoms with E-state index < -0.39 is 24.5 Å². The maximum atomic E-state index is 13.1. The first-order valence-electron chi connectivity index (χ1n) is 6.53. The van der Waals surface area contributed by atoms with Crippen molar-refractivity contribution in [1.29, 1.82) is 0 Å². The molecule has 0 bridgehead atoms. The van der Waals surface area contributed by atoms with Crippen LogP contribution in [0.1, 0.15) is 17.9 Å². The Morgan fingerprint density at radius 2 is 1.55 bits per heavy atom. The molecule has 0 amide bonds. The van der Waals surface area contributed by atoms with E-state index in [4.69, 9.17) is 0 Å². The lowest BCUT2D eigenvalue weighted by atomic mass is 9.93. The lowest BCUT2D eigenvalue weighted by Crippen LogP contribution is -2.25. The Bertz CT molecular complexity index is 624. The van der Waals surface area contributed by atoms with Gasteiger partial charge < -0.3 is 4.84 Å². The van der Waals surface area contributed by atoms with E-state index in [-0.39, 0.29) is 5.56 Å². The van der Waals surface area contributed by atoms with Crippen LogP contribution in [-0.2, 0) is 9.63 Å². The van der Waals surface area contributed by atoms with Crippen LogP contribution in [0.25, 0.3) is 11.1 Å². The zero-order chi connectivity index (χ0) is 16.2. The Morgan fingerprint density at radius 1 is 1.00 bits per heavy atom. The van der Waals surface area contributed by atoms with E-state index >= 15 is 0 Å². The van der Waals surface area contributed by atoms with Crippen molar-refractivity contribution in [1.82, 2.24) is 0 Å². The molecule has 0 radical (unpaired) electrons. The summed E-state index contributed by atoms with van der Waals surface area (Å²) in [5.41, 5.74) is 1.70. The molecule has 2 rings (SSSR count). The van der Waals surface area contributed by atoms with Crippen LogP contribution in [0.3, 0.4) is 0 Å². The summed E-state index contributed by atoms with van der Waals surface area (Å²) < 4.78 is 39.2. The maximum absolute atomic E-state index is 13.1. The second-order valence-electron chi connectivity index (χ2n) is 4.78. The highest BCUT2D eigenvalue weighted by molar-refractivity contribution is 5.70. The second kappa shape index (κ2) is 6.62. The van der Waals surface area contributed by atoms with E-state index in [0.717, 1.165) is 11.1 Å². The van der Waals surface area contributed by atoms with Crippen molar-refractivity contribution in [3.63, 3.8) is 0 Å². The molecule has 0 aromatic heterocycles. The minimum Gasteiger partial charge on any atom is -0.373 e. The van der Waals surface area contributed by atoms with Crippen LogP contribution in [0.15, 0.2) is 54.6 Å². The summed E-state index contributed by atoms with van der Waals surface area (Å²) in [4.78, 5) is 14.9. The van der Waals surface area contributed by atoms with Crippen molar-refractivity contribution in [2.24, 2.45) is 5.90 Å². The van der Waals surface area contributed by atoms with Gasteiger partial charge in [-0.2, -0.15) is 19.1 Å². The van der Waals surface area contributed by atoms with E-state index in [0.29, 0.717) is 0 Å². The van der Waals surface area contributed by atoms with Crippen LogP contribution in [0, 0.1) is 0 Å². The standard InChI is InChI=1S/C16H14F3NO2/c17-16(18,19)14(10-15(21)22-20)13-8-6-12(7-9-13)11-4-2-1-3-5-11/h1-9,14H,10,20H2. The predicted octanol–water partition coefficient (Wildman–Crippen LogP) is 3.81. The third-order valence-electron chi connectivity index (χ3n) is 3.32. The van der Waals surface area contributed by atoms with Crippen LogP contribution in [-0.4, -0.2) is 12.1 Å². The predicted molar refractivity (Wildman–Crippen MR) is 75.6 cm³/mol. The van der Waals surface area contributed by atoms with Crippen molar-refractivity contribution < 1.29 is 22.8 Å². The highest BCUT2D eigenvalue weighted by atomic mass is 19.4. The summed E-state index contributed by atoms with van der Waals surface area (Å²) in [6, 6.07) is 15.2. The summed E-state index contributed by atoms with van der Waals surface area (Å²) in [6.45, 7) is 0. The van der Waals surface area contributed by atoms with Crippen LogP contribution < -0.4 is 5.90 Å². The molecule has 22 heavy (non-hydrogen) atoms. The third kappa shape index (κ3) is 3.85.